The highest BCUT2D eigenvalue weighted by Crippen LogP contribution is 2.34. The summed E-state index contributed by atoms with van der Waals surface area (Å²) in [6.45, 7) is 1.04. The minimum Gasteiger partial charge on any atom is -0.342 e. The van der Waals surface area contributed by atoms with Gasteiger partial charge in [-0.05, 0) is 18.4 Å². The maximum absolute atomic E-state index is 12.6. The highest BCUT2D eigenvalue weighted by Gasteiger charge is 2.54. The third-order valence-corrected chi connectivity index (χ3v) is 5.96. The monoisotopic (exact) mass is 408 g/mol. The second-order valence-corrected chi connectivity index (χ2v) is 8.99. The van der Waals surface area contributed by atoms with Gasteiger partial charge >= 0.3 is 6.03 Å². The number of hydrogen-bond donors (Lipinski definition) is 2. The lowest BCUT2D eigenvalue weighted by Crippen LogP contribution is -2.57. The molecule has 0 aromatic heterocycles. The first-order valence-corrected chi connectivity index (χ1v) is 11.0. The van der Waals surface area contributed by atoms with E-state index in [1.165, 1.54) is 0 Å². The third-order valence-electron chi connectivity index (χ3n) is 5.23. The number of rotatable bonds is 6. The molecule has 152 valence electrons. The number of likely N-dealkylation sites (tertiary alicyclic amines) is 1. The molecular weight excluding hydrogens is 384 g/mol. The number of sulfonamides is 1. The number of hydrogen-bond acceptors (Lipinski definition) is 5. The van der Waals surface area contributed by atoms with E-state index in [2.05, 4.69) is 10.0 Å². The van der Waals surface area contributed by atoms with E-state index in [1.54, 1.807) is 9.80 Å². The second kappa shape index (κ2) is 7.88. The number of urea groups is 1. The molecule has 0 bridgehead atoms. The number of benzene rings is 1. The standard InChI is InChI=1S/C18H24N4O5S/c1-28(26,27)19-10-7-15(23)21-11-8-18(9-12-21)16(24)20-17(25)22(18)13-14-5-3-2-4-6-14/h2-6,19H,7-13H2,1H3,(H,20,24,25). The lowest BCUT2D eigenvalue weighted by Gasteiger charge is -2.42. The summed E-state index contributed by atoms with van der Waals surface area (Å²) in [4.78, 5) is 40.4. The fourth-order valence-electron chi connectivity index (χ4n) is 3.71. The lowest BCUT2D eigenvalue weighted by molar-refractivity contribution is -0.138. The van der Waals surface area contributed by atoms with E-state index in [0.29, 0.717) is 32.5 Å². The molecule has 3 rings (SSSR count). The molecule has 1 spiro atoms. The molecule has 2 aliphatic rings. The van der Waals surface area contributed by atoms with Gasteiger partial charge in [-0.15, -0.1) is 0 Å². The van der Waals surface area contributed by atoms with E-state index in [4.69, 9.17) is 0 Å². The largest absolute Gasteiger partial charge is 0.342 e. The smallest absolute Gasteiger partial charge is 0.325 e. The van der Waals surface area contributed by atoms with Crippen molar-refractivity contribution in [3.05, 3.63) is 35.9 Å². The Balaban J connectivity index is 1.64. The number of carbonyl (C=O) groups excluding carboxylic acids is 3. The Labute approximate surface area is 164 Å². The molecule has 2 N–H and O–H groups in total. The van der Waals surface area contributed by atoms with E-state index in [9.17, 15) is 22.8 Å². The molecule has 2 aliphatic heterocycles. The Morgan fingerprint density at radius 1 is 1.18 bits per heavy atom. The van der Waals surface area contributed by atoms with Gasteiger partial charge in [-0.25, -0.2) is 17.9 Å². The van der Waals surface area contributed by atoms with E-state index < -0.39 is 21.6 Å². The van der Waals surface area contributed by atoms with Crippen molar-refractivity contribution >= 4 is 27.9 Å². The van der Waals surface area contributed by atoms with Gasteiger partial charge in [-0.2, -0.15) is 0 Å². The number of nitrogens with zero attached hydrogens (tertiary/aromatic N) is 2. The van der Waals surface area contributed by atoms with Crippen LogP contribution < -0.4 is 10.0 Å². The molecule has 0 unspecified atom stereocenters. The molecule has 1 aromatic carbocycles. The van der Waals surface area contributed by atoms with Crippen LogP contribution in [0.15, 0.2) is 30.3 Å². The molecule has 0 radical (unpaired) electrons. The summed E-state index contributed by atoms with van der Waals surface area (Å²) < 4.78 is 24.5. The Morgan fingerprint density at radius 2 is 1.82 bits per heavy atom. The summed E-state index contributed by atoms with van der Waals surface area (Å²) in [7, 11) is -3.34. The van der Waals surface area contributed by atoms with Crippen LogP contribution >= 0.6 is 0 Å². The average Bonchev–Trinajstić information content (AvgIpc) is 2.86. The van der Waals surface area contributed by atoms with Gasteiger partial charge in [0.05, 0.1) is 6.26 Å². The van der Waals surface area contributed by atoms with Gasteiger partial charge < -0.3 is 9.80 Å². The summed E-state index contributed by atoms with van der Waals surface area (Å²) in [6.07, 6.45) is 1.80. The van der Waals surface area contributed by atoms with Crippen molar-refractivity contribution in [1.82, 2.24) is 19.8 Å². The molecule has 0 aliphatic carbocycles. The van der Waals surface area contributed by atoms with Crippen LogP contribution in [0.3, 0.4) is 0 Å². The maximum atomic E-state index is 12.6. The molecular formula is C18H24N4O5S. The molecule has 0 atom stereocenters. The van der Waals surface area contributed by atoms with E-state index in [1.807, 2.05) is 30.3 Å². The molecule has 4 amide bonds. The highest BCUT2D eigenvalue weighted by molar-refractivity contribution is 7.88. The SMILES string of the molecule is CS(=O)(=O)NCCC(=O)N1CCC2(CC1)C(=O)NC(=O)N2Cc1ccccc1. The minimum absolute atomic E-state index is 0.0401. The molecule has 10 heteroatoms. The normalized spacial score (nSPS) is 19.2. The number of carbonyl (C=O) groups is 3. The van der Waals surface area contributed by atoms with Crippen LogP contribution in [0.25, 0.3) is 0 Å². The zero-order valence-electron chi connectivity index (χ0n) is 15.7. The average molecular weight is 408 g/mol. The van der Waals surface area contributed by atoms with Crippen LogP contribution in [0.4, 0.5) is 4.79 Å². The number of nitrogens with one attached hydrogen (secondary N) is 2. The zero-order chi connectivity index (χ0) is 20.4. The van der Waals surface area contributed by atoms with Crippen molar-refractivity contribution in [2.75, 3.05) is 25.9 Å². The van der Waals surface area contributed by atoms with Crippen molar-refractivity contribution in [1.29, 1.82) is 0 Å². The number of piperidine rings is 1. The van der Waals surface area contributed by atoms with Gasteiger partial charge in [-0.3, -0.25) is 14.9 Å². The van der Waals surface area contributed by atoms with Gasteiger partial charge in [0.25, 0.3) is 5.91 Å². The summed E-state index contributed by atoms with van der Waals surface area (Å²) >= 11 is 0. The van der Waals surface area contributed by atoms with Gasteiger partial charge in [0.2, 0.25) is 15.9 Å². The highest BCUT2D eigenvalue weighted by atomic mass is 32.2. The summed E-state index contributed by atoms with van der Waals surface area (Å²) in [5.74, 6) is -0.496. The van der Waals surface area contributed by atoms with Crippen LogP contribution in [0.5, 0.6) is 0 Å². The van der Waals surface area contributed by atoms with Crippen LogP contribution in [-0.4, -0.2) is 67.5 Å². The van der Waals surface area contributed by atoms with Crippen LogP contribution in [-0.2, 0) is 26.2 Å². The van der Waals surface area contributed by atoms with Crippen molar-refractivity contribution in [2.24, 2.45) is 0 Å². The molecule has 2 heterocycles. The Hall–Kier alpha value is -2.46. The third kappa shape index (κ3) is 4.33. The van der Waals surface area contributed by atoms with Crippen LogP contribution in [0, 0.1) is 0 Å². The zero-order valence-corrected chi connectivity index (χ0v) is 16.5. The Kier molecular flexibility index (Phi) is 5.71. The first kappa shape index (κ1) is 20.3. The molecule has 2 saturated heterocycles. The first-order chi connectivity index (χ1) is 13.2. The molecule has 0 saturated carbocycles. The predicted molar refractivity (Wildman–Crippen MR) is 102 cm³/mol. The van der Waals surface area contributed by atoms with Crippen molar-refractivity contribution in [3.8, 4) is 0 Å². The summed E-state index contributed by atoms with van der Waals surface area (Å²) in [5.41, 5.74) is -0.0218. The van der Waals surface area contributed by atoms with Crippen molar-refractivity contribution in [2.45, 2.75) is 31.3 Å². The van der Waals surface area contributed by atoms with Crippen LogP contribution in [0.1, 0.15) is 24.8 Å². The predicted octanol–water partition coefficient (Wildman–Crippen LogP) is 0.0389. The van der Waals surface area contributed by atoms with E-state index in [0.717, 1.165) is 11.8 Å². The molecule has 28 heavy (non-hydrogen) atoms. The maximum Gasteiger partial charge on any atom is 0.325 e. The van der Waals surface area contributed by atoms with Gasteiger partial charge in [0.15, 0.2) is 0 Å². The van der Waals surface area contributed by atoms with E-state index >= 15 is 0 Å². The van der Waals surface area contributed by atoms with Gasteiger partial charge in [0.1, 0.15) is 5.54 Å². The molecule has 2 fully saturated rings. The molecule has 9 nitrogen and oxygen atoms in total. The minimum atomic E-state index is -3.34. The Bertz CT molecular complexity index is 863. The van der Waals surface area contributed by atoms with Crippen molar-refractivity contribution < 1.29 is 22.8 Å². The summed E-state index contributed by atoms with van der Waals surface area (Å²) in [6, 6.07) is 9.03. The first-order valence-electron chi connectivity index (χ1n) is 9.11. The second-order valence-electron chi connectivity index (χ2n) is 7.16. The number of amides is 4. The fourth-order valence-corrected chi connectivity index (χ4v) is 4.18. The summed E-state index contributed by atoms with van der Waals surface area (Å²) in [5, 5.41) is 2.41. The topological polar surface area (TPSA) is 116 Å². The quantitative estimate of drug-likeness (QED) is 0.645. The van der Waals surface area contributed by atoms with E-state index in [-0.39, 0.29) is 24.8 Å². The molecule has 1 aromatic rings. The van der Waals surface area contributed by atoms with Crippen molar-refractivity contribution in [3.63, 3.8) is 0 Å². The van der Waals surface area contributed by atoms with Gasteiger partial charge in [0, 0.05) is 32.6 Å². The number of imide groups is 1. The Morgan fingerprint density at radius 3 is 2.43 bits per heavy atom. The lowest BCUT2D eigenvalue weighted by atomic mass is 9.85. The fraction of sp³-hybridized carbons (Fsp3) is 0.500. The van der Waals surface area contributed by atoms with Crippen LogP contribution in [0.2, 0.25) is 0 Å². The van der Waals surface area contributed by atoms with Gasteiger partial charge in [-0.1, -0.05) is 30.3 Å².